The van der Waals surface area contributed by atoms with E-state index in [0.717, 1.165) is 12.8 Å². The standard InChI is InChI=1S/C8H12N2O2/c1-8(2-3-8)10-5-4-6(11)9-7(5)12/h5,10H,2-4H2,1H3,(H,9,11,12). The van der Waals surface area contributed by atoms with Crippen LogP contribution in [0.5, 0.6) is 0 Å². The Morgan fingerprint density at radius 3 is 2.58 bits per heavy atom. The molecule has 12 heavy (non-hydrogen) atoms. The summed E-state index contributed by atoms with van der Waals surface area (Å²) < 4.78 is 0. The zero-order valence-electron chi connectivity index (χ0n) is 7.02. The van der Waals surface area contributed by atoms with Gasteiger partial charge in [-0.15, -0.1) is 0 Å². The van der Waals surface area contributed by atoms with Gasteiger partial charge in [0.25, 0.3) is 0 Å². The smallest absolute Gasteiger partial charge is 0.244 e. The maximum Gasteiger partial charge on any atom is 0.244 e. The molecule has 1 unspecified atom stereocenters. The summed E-state index contributed by atoms with van der Waals surface area (Å²) in [7, 11) is 0. The van der Waals surface area contributed by atoms with Gasteiger partial charge in [-0.25, -0.2) is 0 Å². The molecule has 4 heteroatoms. The van der Waals surface area contributed by atoms with Crippen molar-refractivity contribution in [3.8, 4) is 0 Å². The molecule has 2 rings (SSSR count). The number of nitrogens with one attached hydrogen (secondary N) is 2. The lowest BCUT2D eigenvalue weighted by atomic mass is 10.2. The van der Waals surface area contributed by atoms with E-state index in [-0.39, 0.29) is 23.4 Å². The molecule has 2 N–H and O–H groups in total. The van der Waals surface area contributed by atoms with E-state index >= 15 is 0 Å². The number of imide groups is 1. The highest BCUT2D eigenvalue weighted by atomic mass is 16.2. The molecule has 2 aliphatic rings. The Hall–Kier alpha value is -0.900. The number of carbonyl (C=O) groups excluding carboxylic acids is 2. The van der Waals surface area contributed by atoms with Crippen LogP contribution >= 0.6 is 0 Å². The lowest BCUT2D eigenvalue weighted by molar-refractivity contribution is -0.125. The molecule has 1 aliphatic heterocycles. The van der Waals surface area contributed by atoms with Crippen molar-refractivity contribution in [1.82, 2.24) is 10.6 Å². The molecular formula is C8H12N2O2. The van der Waals surface area contributed by atoms with Crippen molar-refractivity contribution >= 4 is 11.8 Å². The van der Waals surface area contributed by atoms with E-state index in [1.165, 1.54) is 0 Å². The fraction of sp³-hybridized carbons (Fsp3) is 0.750. The van der Waals surface area contributed by atoms with Crippen LogP contribution < -0.4 is 10.6 Å². The molecule has 66 valence electrons. The SMILES string of the molecule is CC1(NC2CC(=O)NC2=O)CC1. The number of hydrogen-bond acceptors (Lipinski definition) is 3. The first-order valence-corrected chi connectivity index (χ1v) is 4.20. The maximum atomic E-state index is 11.1. The molecule has 0 aromatic heterocycles. The summed E-state index contributed by atoms with van der Waals surface area (Å²) in [6.07, 6.45) is 2.50. The Labute approximate surface area is 70.7 Å². The van der Waals surface area contributed by atoms with Crippen LogP contribution in [-0.4, -0.2) is 23.4 Å². The first kappa shape index (κ1) is 7.73. The van der Waals surface area contributed by atoms with Crippen LogP contribution in [0.15, 0.2) is 0 Å². The monoisotopic (exact) mass is 168 g/mol. The molecule has 4 nitrogen and oxygen atoms in total. The summed E-state index contributed by atoms with van der Waals surface area (Å²) in [6.45, 7) is 2.07. The van der Waals surface area contributed by atoms with Gasteiger partial charge in [0, 0.05) is 5.54 Å². The van der Waals surface area contributed by atoms with Gasteiger partial charge in [0.1, 0.15) is 0 Å². The zero-order valence-corrected chi connectivity index (χ0v) is 7.02. The van der Waals surface area contributed by atoms with E-state index < -0.39 is 0 Å². The van der Waals surface area contributed by atoms with Crippen molar-refractivity contribution in [1.29, 1.82) is 0 Å². The fourth-order valence-corrected chi connectivity index (χ4v) is 1.42. The van der Waals surface area contributed by atoms with Gasteiger partial charge in [-0.2, -0.15) is 0 Å². The Balaban J connectivity index is 1.96. The molecule has 1 atom stereocenters. The van der Waals surface area contributed by atoms with Crippen LogP contribution in [0.3, 0.4) is 0 Å². The molecule has 0 aromatic carbocycles. The summed E-state index contributed by atoms with van der Waals surface area (Å²) in [6, 6.07) is -0.287. The van der Waals surface area contributed by atoms with Crippen LogP contribution in [0.1, 0.15) is 26.2 Å². The minimum absolute atomic E-state index is 0.118. The van der Waals surface area contributed by atoms with Gasteiger partial charge in [-0.3, -0.25) is 14.9 Å². The largest absolute Gasteiger partial charge is 0.300 e. The highest BCUT2D eigenvalue weighted by Crippen LogP contribution is 2.35. The molecule has 2 amide bonds. The van der Waals surface area contributed by atoms with Crippen molar-refractivity contribution < 1.29 is 9.59 Å². The average Bonchev–Trinajstić information content (AvgIpc) is 2.58. The Bertz CT molecular complexity index is 245. The second kappa shape index (κ2) is 2.29. The molecule has 0 aromatic rings. The number of carbonyl (C=O) groups is 2. The van der Waals surface area contributed by atoms with Crippen molar-refractivity contribution in [2.75, 3.05) is 0 Å². The van der Waals surface area contributed by atoms with Crippen LogP contribution in [-0.2, 0) is 9.59 Å². The van der Waals surface area contributed by atoms with Gasteiger partial charge in [-0.05, 0) is 19.8 Å². The second-order valence-electron chi connectivity index (χ2n) is 3.87. The lowest BCUT2D eigenvalue weighted by Gasteiger charge is -2.14. The molecule has 1 aliphatic carbocycles. The van der Waals surface area contributed by atoms with Gasteiger partial charge < -0.3 is 5.32 Å². The summed E-state index contributed by atoms with van der Waals surface area (Å²) >= 11 is 0. The lowest BCUT2D eigenvalue weighted by Crippen LogP contribution is -2.42. The Morgan fingerprint density at radius 2 is 2.17 bits per heavy atom. The molecular weight excluding hydrogens is 156 g/mol. The van der Waals surface area contributed by atoms with Crippen molar-refractivity contribution in [2.45, 2.75) is 37.8 Å². The summed E-state index contributed by atoms with van der Waals surface area (Å²) in [5.41, 5.74) is 0.118. The zero-order chi connectivity index (χ0) is 8.77. The number of amides is 2. The minimum atomic E-state index is -0.287. The Kier molecular flexibility index (Phi) is 1.48. The Morgan fingerprint density at radius 1 is 1.50 bits per heavy atom. The predicted molar refractivity (Wildman–Crippen MR) is 42.3 cm³/mol. The highest BCUT2D eigenvalue weighted by molar-refractivity contribution is 6.05. The minimum Gasteiger partial charge on any atom is -0.300 e. The topological polar surface area (TPSA) is 58.2 Å². The van der Waals surface area contributed by atoms with Gasteiger partial charge >= 0.3 is 0 Å². The summed E-state index contributed by atoms with van der Waals surface area (Å²) in [5.74, 6) is -0.338. The summed E-state index contributed by atoms with van der Waals surface area (Å²) in [4.78, 5) is 21.9. The van der Waals surface area contributed by atoms with E-state index in [2.05, 4.69) is 17.6 Å². The van der Waals surface area contributed by atoms with E-state index in [9.17, 15) is 9.59 Å². The van der Waals surface area contributed by atoms with Crippen LogP contribution in [0, 0.1) is 0 Å². The first-order chi connectivity index (χ1) is 5.59. The molecule has 1 saturated heterocycles. The van der Waals surface area contributed by atoms with E-state index in [0.29, 0.717) is 6.42 Å². The third-order valence-corrected chi connectivity index (χ3v) is 2.49. The maximum absolute atomic E-state index is 11.1. The molecule has 0 spiro atoms. The molecule has 1 heterocycles. The first-order valence-electron chi connectivity index (χ1n) is 4.20. The van der Waals surface area contributed by atoms with E-state index in [4.69, 9.17) is 0 Å². The van der Waals surface area contributed by atoms with Crippen LogP contribution in [0.2, 0.25) is 0 Å². The number of hydrogen-bond donors (Lipinski definition) is 2. The molecule has 0 radical (unpaired) electrons. The third kappa shape index (κ3) is 1.34. The van der Waals surface area contributed by atoms with Gasteiger partial charge in [0.2, 0.25) is 11.8 Å². The average molecular weight is 168 g/mol. The van der Waals surface area contributed by atoms with Gasteiger partial charge in [-0.1, -0.05) is 0 Å². The molecule has 1 saturated carbocycles. The van der Waals surface area contributed by atoms with Crippen molar-refractivity contribution in [2.24, 2.45) is 0 Å². The fourth-order valence-electron chi connectivity index (χ4n) is 1.42. The van der Waals surface area contributed by atoms with Gasteiger partial charge in [0.05, 0.1) is 12.5 Å². The normalized spacial score (nSPS) is 31.9. The molecule has 2 fully saturated rings. The van der Waals surface area contributed by atoms with Crippen molar-refractivity contribution in [3.63, 3.8) is 0 Å². The van der Waals surface area contributed by atoms with Crippen molar-refractivity contribution in [3.05, 3.63) is 0 Å². The van der Waals surface area contributed by atoms with Crippen LogP contribution in [0.4, 0.5) is 0 Å². The number of rotatable bonds is 2. The van der Waals surface area contributed by atoms with Gasteiger partial charge in [0.15, 0.2) is 0 Å². The second-order valence-corrected chi connectivity index (χ2v) is 3.87. The van der Waals surface area contributed by atoms with E-state index in [1.54, 1.807) is 0 Å². The predicted octanol–water partition coefficient (Wildman–Crippen LogP) is -0.456. The van der Waals surface area contributed by atoms with E-state index in [1.807, 2.05) is 0 Å². The summed E-state index contributed by atoms with van der Waals surface area (Å²) in [5, 5.41) is 5.45. The van der Waals surface area contributed by atoms with Crippen LogP contribution in [0.25, 0.3) is 0 Å². The quantitative estimate of drug-likeness (QED) is 0.549. The molecule has 0 bridgehead atoms. The highest BCUT2D eigenvalue weighted by Gasteiger charge is 2.42. The third-order valence-electron chi connectivity index (χ3n) is 2.49.